The monoisotopic (exact) mass is 331 g/mol. The molecule has 0 atom stereocenters. The zero-order valence-electron chi connectivity index (χ0n) is 12.7. The Morgan fingerprint density at radius 2 is 1.83 bits per heavy atom. The third kappa shape index (κ3) is 3.79. The van der Waals surface area contributed by atoms with Gasteiger partial charge in [-0.3, -0.25) is 14.2 Å². The molecule has 1 fully saturated rings. The highest BCUT2D eigenvalue weighted by molar-refractivity contribution is 6.30. The van der Waals surface area contributed by atoms with Gasteiger partial charge in [-0.2, -0.15) is 0 Å². The molecule has 1 aromatic carbocycles. The Balaban J connectivity index is 1.75. The zero-order chi connectivity index (χ0) is 16.2. The van der Waals surface area contributed by atoms with E-state index >= 15 is 0 Å². The quantitative estimate of drug-likeness (QED) is 0.868. The summed E-state index contributed by atoms with van der Waals surface area (Å²) in [6, 6.07) is 8.58. The van der Waals surface area contributed by atoms with Crippen LogP contribution in [0.3, 0.4) is 0 Å². The summed E-state index contributed by atoms with van der Waals surface area (Å²) in [7, 11) is 0. The molecule has 5 nitrogen and oxygen atoms in total. The Labute approximate surface area is 139 Å². The number of nitrogens with zero attached hydrogens (tertiary/aromatic N) is 3. The number of hydrogen-bond donors (Lipinski definition) is 0. The molecule has 23 heavy (non-hydrogen) atoms. The average molecular weight is 332 g/mol. The summed E-state index contributed by atoms with van der Waals surface area (Å²) in [4.78, 5) is 30.6. The summed E-state index contributed by atoms with van der Waals surface area (Å²) in [5.74, 6) is -0.0205. The topological polar surface area (TPSA) is 55.2 Å². The number of benzene rings is 1. The molecule has 0 saturated carbocycles. The van der Waals surface area contributed by atoms with Crippen molar-refractivity contribution in [3.8, 4) is 11.3 Å². The second-order valence-corrected chi connectivity index (χ2v) is 6.13. The lowest BCUT2D eigenvalue weighted by atomic mass is 10.1. The molecular weight excluding hydrogens is 314 g/mol. The van der Waals surface area contributed by atoms with E-state index in [0.717, 1.165) is 31.5 Å². The number of hydrogen-bond acceptors (Lipinski definition) is 3. The molecule has 0 radical (unpaired) electrons. The minimum absolute atomic E-state index is 0.0205. The normalized spacial score (nSPS) is 14.7. The Morgan fingerprint density at radius 1 is 1.13 bits per heavy atom. The molecule has 3 rings (SSSR count). The Kier molecular flexibility index (Phi) is 4.76. The molecule has 2 aromatic rings. The molecule has 1 aliphatic heterocycles. The van der Waals surface area contributed by atoms with Crippen molar-refractivity contribution in [2.24, 2.45) is 0 Å². The first kappa shape index (κ1) is 15.7. The molecule has 0 aliphatic carbocycles. The van der Waals surface area contributed by atoms with Crippen LogP contribution in [0.4, 0.5) is 0 Å². The lowest BCUT2D eigenvalue weighted by Gasteiger charge is -2.26. The van der Waals surface area contributed by atoms with Gasteiger partial charge in [0.2, 0.25) is 5.91 Å². The van der Waals surface area contributed by atoms with Gasteiger partial charge in [0.15, 0.2) is 0 Å². The molecule has 1 saturated heterocycles. The van der Waals surface area contributed by atoms with Crippen LogP contribution in [0.1, 0.15) is 19.3 Å². The van der Waals surface area contributed by atoms with Crippen molar-refractivity contribution in [3.05, 3.63) is 52.0 Å². The highest BCUT2D eigenvalue weighted by Gasteiger charge is 2.17. The maximum Gasteiger partial charge on any atom is 0.254 e. The van der Waals surface area contributed by atoms with Crippen molar-refractivity contribution in [3.63, 3.8) is 0 Å². The van der Waals surface area contributed by atoms with Crippen LogP contribution in [0, 0.1) is 0 Å². The van der Waals surface area contributed by atoms with Crippen LogP contribution in [-0.2, 0) is 11.3 Å². The smallest absolute Gasteiger partial charge is 0.254 e. The van der Waals surface area contributed by atoms with E-state index in [1.54, 1.807) is 12.1 Å². The van der Waals surface area contributed by atoms with E-state index in [-0.39, 0.29) is 18.0 Å². The summed E-state index contributed by atoms with van der Waals surface area (Å²) < 4.78 is 1.36. The molecule has 1 aromatic heterocycles. The average Bonchev–Trinajstić information content (AvgIpc) is 2.58. The van der Waals surface area contributed by atoms with Crippen molar-refractivity contribution >= 4 is 17.5 Å². The van der Waals surface area contributed by atoms with Crippen LogP contribution in [0.2, 0.25) is 5.02 Å². The van der Waals surface area contributed by atoms with Gasteiger partial charge in [0.1, 0.15) is 6.54 Å². The SMILES string of the molecule is O=C(Cn1cnc(-c2ccc(Cl)cc2)cc1=O)N1CCCCC1. The summed E-state index contributed by atoms with van der Waals surface area (Å²) in [6.07, 6.45) is 4.68. The van der Waals surface area contributed by atoms with E-state index in [4.69, 9.17) is 11.6 Å². The third-order valence-electron chi connectivity index (χ3n) is 4.03. The predicted octanol–water partition coefficient (Wildman–Crippen LogP) is 2.58. The number of carbonyl (C=O) groups is 1. The molecule has 6 heteroatoms. The Bertz CT molecular complexity index is 749. The first-order valence-corrected chi connectivity index (χ1v) is 8.11. The number of amides is 1. The predicted molar refractivity (Wildman–Crippen MR) is 89.4 cm³/mol. The van der Waals surface area contributed by atoms with Crippen LogP contribution in [0.15, 0.2) is 41.5 Å². The van der Waals surface area contributed by atoms with Gasteiger partial charge in [0.25, 0.3) is 5.56 Å². The van der Waals surface area contributed by atoms with Gasteiger partial charge >= 0.3 is 0 Å². The fourth-order valence-corrected chi connectivity index (χ4v) is 2.84. The van der Waals surface area contributed by atoms with Crippen LogP contribution >= 0.6 is 11.6 Å². The molecule has 0 bridgehead atoms. The van der Waals surface area contributed by atoms with E-state index in [0.29, 0.717) is 10.7 Å². The molecule has 0 N–H and O–H groups in total. The second-order valence-electron chi connectivity index (χ2n) is 5.69. The van der Waals surface area contributed by atoms with Gasteiger partial charge in [0.05, 0.1) is 12.0 Å². The molecule has 1 aliphatic rings. The van der Waals surface area contributed by atoms with E-state index in [9.17, 15) is 9.59 Å². The van der Waals surface area contributed by atoms with E-state index < -0.39 is 0 Å². The minimum atomic E-state index is -0.227. The largest absolute Gasteiger partial charge is 0.341 e. The number of aromatic nitrogens is 2. The Hall–Kier alpha value is -2.14. The van der Waals surface area contributed by atoms with E-state index in [1.807, 2.05) is 17.0 Å². The molecular formula is C17H18ClN3O2. The van der Waals surface area contributed by atoms with Crippen molar-refractivity contribution < 1.29 is 4.79 Å². The van der Waals surface area contributed by atoms with Crippen molar-refractivity contribution in [2.75, 3.05) is 13.1 Å². The summed E-state index contributed by atoms with van der Waals surface area (Å²) in [6.45, 7) is 1.61. The number of carbonyl (C=O) groups excluding carboxylic acids is 1. The van der Waals surface area contributed by atoms with E-state index in [1.165, 1.54) is 23.4 Å². The first-order chi connectivity index (χ1) is 11.1. The van der Waals surface area contributed by atoms with Crippen molar-refractivity contribution in [1.82, 2.24) is 14.5 Å². The summed E-state index contributed by atoms with van der Waals surface area (Å²) >= 11 is 5.86. The summed E-state index contributed by atoms with van der Waals surface area (Å²) in [5.41, 5.74) is 1.17. The highest BCUT2D eigenvalue weighted by Crippen LogP contribution is 2.18. The standard InChI is InChI=1S/C17H18ClN3O2/c18-14-6-4-13(5-7-14)15-10-16(22)21(12-19-15)11-17(23)20-8-2-1-3-9-20/h4-7,10,12H,1-3,8-9,11H2. The number of likely N-dealkylation sites (tertiary alicyclic amines) is 1. The first-order valence-electron chi connectivity index (χ1n) is 7.74. The second kappa shape index (κ2) is 6.96. The molecule has 0 unspecified atom stereocenters. The van der Waals surface area contributed by atoms with Crippen LogP contribution < -0.4 is 5.56 Å². The third-order valence-corrected chi connectivity index (χ3v) is 4.29. The minimum Gasteiger partial charge on any atom is -0.341 e. The number of rotatable bonds is 3. The maximum absolute atomic E-state index is 12.2. The lowest BCUT2D eigenvalue weighted by molar-refractivity contribution is -0.132. The van der Waals surface area contributed by atoms with Crippen molar-refractivity contribution in [1.29, 1.82) is 0 Å². The van der Waals surface area contributed by atoms with Crippen molar-refractivity contribution in [2.45, 2.75) is 25.8 Å². The fourth-order valence-electron chi connectivity index (χ4n) is 2.71. The number of piperidine rings is 1. The molecule has 2 heterocycles. The number of halogens is 1. The van der Waals surface area contributed by atoms with Gasteiger partial charge in [-0.05, 0) is 31.4 Å². The van der Waals surface area contributed by atoms with Crippen LogP contribution in [0.25, 0.3) is 11.3 Å². The maximum atomic E-state index is 12.2. The van der Waals surface area contributed by atoms with Gasteiger partial charge in [0, 0.05) is 29.7 Å². The molecule has 0 spiro atoms. The summed E-state index contributed by atoms with van der Waals surface area (Å²) in [5, 5.41) is 0.634. The zero-order valence-corrected chi connectivity index (χ0v) is 13.5. The van der Waals surface area contributed by atoms with Gasteiger partial charge in [-0.25, -0.2) is 4.98 Å². The van der Waals surface area contributed by atoms with Gasteiger partial charge in [-0.1, -0.05) is 23.7 Å². The molecule has 1 amide bonds. The highest BCUT2D eigenvalue weighted by atomic mass is 35.5. The van der Waals surface area contributed by atoms with Crippen LogP contribution in [0.5, 0.6) is 0 Å². The lowest BCUT2D eigenvalue weighted by Crippen LogP contribution is -2.39. The van der Waals surface area contributed by atoms with Gasteiger partial charge < -0.3 is 4.90 Å². The van der Waals surface area contributed by atoms with Gasteiger partial charge in [-0.15, -0.1) is 0 Å². The van der Waals surface area contributed by atoms with Crippen LogP contribution in [-0.4, -0.2) is 33.4 Å². The Morgan fingerprint density at radius 3 is 2.48 bits per heavy atom. The molecule has 120 valence electrons. The fraction of sp³-hybridized carbons (Fsp3) is 0.353. The van der Waals surface area contributed by atoms with E-state index in [2.05, 4.69) is 4.98 Å².